The van der Waals surface area contributed by atoms with Crippen molar-refractivity contribution in [3.05, 3.63) is 65.7 Å². The van der Waals surface area contributed by atoms with E-state index in [0.717, 1.165) is 25.6 Å². The first-order chi connectivity index (χ1) is 13.0. The van der Waals surface area contributed by atoms with E-state index in [4.69, 9.17) is 0 Å². The van der Waals surface area contributed by atoms with Crippen LogP contribution in [0.3, 0.4) is 0 Å². The number of piperidine rings is 1. The Balaban J connectivity index is 1.60. The quantitative estimate of drug-likeness (QED) is 0.753. The van der Waals surface area contributed by atoms with Gasteiger partial charge < -0.3 is 15.7 Å². The third-order valence-electron chi connectivity index (χ3n) is 4.82. The molecule has 3 N–H and O–H groups in total. The summed E-state index contributed by atoms with van der Waals surface area (Å²) in [6.45, 7) is 2.13. The second-order valence-corrected chi connectivity index (χ2v) is 6.78. The number of rotatable bonds is 5. The van der Waals surface area contributed by atoms with E-state index in [-0.39, 0.29) is 24.3 Å². The van der Waals surface area contributed by atoms with E-state index in [1.807, 2.05) is 30.3 Å². The monoisotopic (exact) mass is 375 g/mol. The summed E-state index contributed by atoms with van der Waals surface area (Å²) in [5.41, 5.74) is 1.09. The lowest BCUT2D eigenvalue weighted by atomic mass is 9.92. The highest BCUT2D eigenvalue weighted by molar-refractivity contribution is 5.89. The standard InChI is InChI=1S/C20H23F2N3O2/c21-16-6-7-18(17(22)10-16)23-20(27)24-19-12-25(9-8-15(19)13-26)11-14-4-2-1-3-5-14/h1-7,10,15,19,26H,8-9,11-13H2,(H2,23,24,27)/t15-,19-/m1/s1. The van der Waals surface area contributed by atoms with Crippen molar-refractivity contribution in [2.45, 2.75) is 19.0 Å². The van der Waals surface area contributed by atoms with Crippen LogP contribution in [-0.2, 0) is 6.54 Å². The molecule has 3 rings (SSSR count). The summed E-state index contributed by atoms with van der Waals surface area (Å²) < 4.78 is 26.7. The summed E-state index contributed by atoms with van der Waals surface area (Å²) >= 11 is 0. The van der Waals surface area contributed by atoms with Gasteiger partial charge in [-0.3, -0.25) is 4.90 Å². The number of aliphatic hydroxyl groups is 1. The van der Waals surface area contributed by atoms with E-state index in [1.54, 1.807) is 0 Å². The van der Waals surface area contributed by atoms with Crippen LogP contribution in [-0.4, -0.2) is 41.8 Å². The Kier molecular flexibility index (Phi) is 6.36. The summed E-state index contributed by atoms with van der Waals surface area (Å²) in [5, 5.41) is 14.8. The number of aliphatic hydroxyl groups excluding tert-OH is 1. The summed E-state index contributed by atoms with van der Waals surface area (Å²) in [4.78, 5) is 14.5. The van der Waals surface area contributed by atoms with Crippen LogP contribution in [0.15, 0.2) is 48.5 Å². The van der Waals surface area contributed by atoms with Crippen LogP contribution in [0.4, 0.5) is 19.3 Å². The molecule has 1 aliphatic rings. The van der Waals surface area contributed by atoms with Gasteiger partial charge in [-0.2, -0.15) is 0 Å². The molecule has 2 aromatic rings. The minimum atomic E-state index is -0.835. The Labute approximate surface area is 157 Å². The average Bonchev–Trinajstić information content (AvgIpc) is 2.65. The van der Waals surface area contributed by atoms with Gasteiger partial charge >= 0.3 is 6.03 Å². The average molecular weight is 375 g/mol. The molecule has 0 saturated carbocycles. The van der Waals surface area contributed by atoms with Gasteiger partial charge in [-0.25, -0.2) is 13.6 Å². The summed E-state index contributed by atoms with van der Waals surface area (Å²) in [5.74, 6) is -1.61. The van der Waals surface area contributed by atoms with Crippen molar-refractivity contribution >= 4 is 11.7 Å². The number of benzene rings is 2. The van der Waals surface area contributed by atoms with Crippen LogP contribution in [0.25, 0.3) is 0 Å². The van der Waals surface area contributed by atoms with Gasteiger partial charge in [0.15, 0.2) is 0 Å². The Hall–Kier alpha value is -2.51. The number of halogens is 2. The first kappa shape index (κ1) is 19.3. The molecule has 0 aromatic heterocycles. The number of carbonyl (C=O) groups excluding carboxylic acids is 1. The van der Waals surface area contributed by atoms with E-state index in [2.05, 4.69) is 15.5 Å². The molecular weight excluding hydrogens is 352 g/mol. The normalized spacial score (nSPS) is 20.3. The van der Waals surface area contributed by atoms with Crippen LogP contribution in [0.5, 0.6) is 0 Å². The number of hydrogen-bond acceptors (Lipinski definition) is 3. The van der Waals surface area contributed by atoms with Crippen molar-refractivity contribution in [1.82, 2.24) is 10.2 Å². The fraction of sp³-hybridized carbons (Fsp3) is 0.350. The van der Waals surface area contributed by atoms with Crippen LogP contribution in [0.2, 0.25) is 0 Å². The zero-order valence-electron chi connectivity index (χ0n) is 14.9. The topological polar surface area (TPSA) is 64.6 Å². The predicted octanol–water partition coefficient (Wildman–Crippen LogP) is 2.97. The van der Waals surface area contributed by atoms with Crippen molar-refractivity contribution < 1.29 is 18.7 Å². The molecule has 5 nitrogen and oxygen atoms in total. The third-order valence-corrected chi connectivity index (χ3v) is 4.82. The predicted molar refractivity (Wildman–Crippen MR) is 99.2 cm³/mol. The lowest BCUT2D eigenvalue weighted by Crippen LogP contribution is -2.54. The van der Waals surface area contributed by atoms with Crippen LogP contribution in [0, 0.1) is 17.6 Å². The zero-order chi connectivity index (χ0) is 19.2. The minimum Gasteiger partial charge on any atom is -0.396 e. The summed E-state index contributed by atoms with van der Waals surface area (Å²) in [6.07, 6.45) is 0.749. The molecule has 0 bridgehead atoms. The van der Waals surface area contributed by atoms with Gasteiger partial charge in [-0.1, -0.05) is 30.3 Å². The number of carbonyl (C=O) groups is 1. The van der Waals surface area contributed by atoms with Gasteiger partial charge in [0.25, 0.3) is 0 Å². The third kappa shape index (κ3) is 5.24. The maximum Gasteiger partial charge on any atom is 0.319 e. The van der Waals surface area contributed by atoms with Gasteiger partial charge in [-0.15, -0.1) is 0 Å². The Bertz CT molecular complexity index is 773. The molecule has 0 aliphatic carbocycles. The second kappa shape index (κ2) is 8.92. The molecule has 1 saturated heterocycles. The van der Waals surface area contributed by atoms with Crippen molar-refractivity contribution in [2.75, 3.05) is 25.0 Å². The molecule has 1 fully saturated rings. The smallest absolute Gasteiger partial charge is 0.319 e. The number of hydrogen-bond donors (Lipinski definition) is 3. The molecule has 144 valence electrons. The molecule has 1 aliphatic heterocycles. The second-order valence-electron chi connectivity index (χ2n) is 6.78. The number of anilines is 1. The van der Waals surface area contributed by atoms with E-state index in [0.29, 0.717) is 12.6 Å². The highest BCUT2D eigenvalue weighted by atomic mass is 19.1. The number of likely N-dealkylation sites (tertiary alicyclic amines) is 1. The van der Waals surface area contributed by atoms with E-state index < -0.39 is 17.7 Å². The van der Waals surface area contributed by atoms with Crippen LogP contribution >= 0.6 is 0 Å². The van der Waals surface area contributed by atoms with Gasteiger partial charge in [0.2, 0.25) is 0 Å². The molecule has 0 radical (unpaired) electrons. The first-order valence-corrected chi connectivity index (χ1v) is 8.95. The molecular formula is C20H23F2N3O2. The maximum absolute atomic E-state index is 13.7. The fourth-order valence-corrected chi connectivity index (χ4v) is 3.35. The van der Waals surface area contributed by atoms with Gasteiger partial charge in [0, 0.05) is 37.7 Å². The number of nitrogens with one attached hydrogen (secondary N) is 2. The summed E-state index contributed by atoms with van der Waals surface area (Å²) in [6, 6.07) is 12.1. The zero-order valence-corrected chi connectivity index (χ0v) is 14.9. The minimum absolute atomic E-state index is 0.0327. The van der Waals surface area contributed by atoms with Gasteiger partial charge in [-0.05, 0) is 30.7 Å². The molecule has 0 unspecified atom stereocenters. The number of amides is 2. The number of urea groups is 1. The van der Waals surface area contributed by atoms with E-state index in [9.17, 15) is 18.7 Å². The molecule has 0 spiro atoms. The van der Waals surface area contributed by atoms with E-state index >= 15 is 0 Å². The molecule has 2 amide bonds. The summed E-state index contributed by atoms with van der Waals surface area (Å²) in [7, 11) is 0. The molecule has 2 atom stereocenters. The SMILES string of the molecule is O=C(Nc1ccc(F)cc1F)N[C@@H]1CN(Cc2ccccc2)CC[C@@H]1CO. The molecule has 1 heterocycles. The van der Waals surface area contributed by atoms with Crippen LogP contribution in [0.1, 0.15) is 12.0 Å². The highest BCUT2D eigenvalue weighted by Crippen LogP contribution is 2.20. The van der Waals surface area contributed by atoms with Gasteiger partial charge in [0.1, 0.15) is 11.6 Å². The molecule has 7 heteroatoms. The van der Waals surface area contributed by atoms with E-state index in [1.165, 1.54) is 11.6 Å². The van der Waals surface area contributed by atoms with Crippen molar-refractivity contribution in [1.29, 1.82) is 0 Å². The van der Waals surface area contributed by atoms with Crippen molar-refractivity contribution in [2.24, 2.45) is 5.92 Å². The lowest BCUT2D eigenvalue weighted by molar-refractivity contribution is 0.0958. The Morgan fingerprint density at radius 3 is 2.67 bits per heavy atom. The lowest BCUT2D eigenvalue weighted by Gasteiger charge is -2.38. The Morgan fingerprint density at radius 2 is 1.96 bits per heavy atom. The van der Waals surface area contributed by atoms with Crippen molar-refractivity contribution in [3.8, 4) is 0 Å². The number of nitrogens with zero attached hydrogens (tertiary/aromatic N) is 1. The molecule has 2 aromatic carbocycles. The van der Waals surface area contributed by atoms with Gasteiger partial charge in [0.05, 0.1) is 5.69 Å². The Morgan fingerprint density at radius 1 is 1.19 bits per heavy atom. The highest BCUT2D eigenvalue weighted by Gasteiger charge is 2.30. The molecule has 27 heavy (non-hydrogen) atoms. The van der Waals surface area contributed by atoms with Crippen LogP contribution < -0.4 is 10.6 Å². The maximum atomic E-state index is 13.7. The van der Waals surface area contributed by atoms with Crippen molar-refractivity contribution in [3.63, 3.8) is 0 Å². The fourth-order valence-electron chi connectivity index (χ4n) is 3.35. The first-order valence-electron chi connectivity index (χ1n) is 8.95. The largest absolute Gasteiger partial charge is 0.396 e.